The number of carbonyl (C=O) groups is 2. The molecular formula is C22H26N4O2. The summed E-state index contributed by atoms with van der Waals surface area (Å²) >= 11 is 0. The van der Waals surface area contributed by atoms with Crippen molar-refractivity contribution in [2.24, 2.45) is 0 Å². The summed E-state index contributed by atoms with van der Waals surface area (Å²) < 4.78 is 1.69. The number of benzene rings is 1. The van der Waals surface area contributed by atoms with Crippen molar-refractivity contribution in [1.29, 1.82) is 0 Å². The zero-order valence-corrected chi connectivity index (χ0v) is 16.6. The quantitative estimate of drug-likeness (QED) is 0.675. The predicted molar refractivity (Wildman–Crippen MR) is 111 cm³/mol. The second-order valence-electron chi connectivity index (χ2n) is 6.78. The molecular weight excluding hydrogens is 352 g/mol. The van der Waals surface area contributed by atoms with Crippen LogP contribution in [0.5, 0.6) is 0 Å². The molecule has 2 aromatic heterocycles. The number of anilines is 1. The lowest BCUT2D eigenvalue weighted by atomic mass is 10.1. The Morgan fingerprint density at radius 2 is 1.86 bits per heavy atom. The number of aromatic nitrogens is 2. The Bertz CT molecular complexity index is 993. The molecule has 6 heteroatoms. The maximum Gasteiger partial charge on any atom is 0.289 e. The number of para-hydroxylation sites is 1. The van der Waals surface area contributed by atoms with E-state index < -0.39 is 0 Å². The van der Waals surface area contributed by atoms with Crippen LogP contribution in [0.1, 0.15) is 53.4 Å². The number of aryl methyl sites for hydroxylation is 1. The fraction of sp³-hybridized carbons (Fsp3) is 0.318. The molecule has 0 saturated heterocycles. The summed E-state index contributed by atoms with van der Waals surface area (Å²) in [5.41, 5.74) is 2.68. The lowest BCUT2D eigenvalue weighted by Crippen LogP contribution is -2.29. The number of amides is 2. The van der Waals surface area contributed by atoms with Gasteiger partial charge in [-0.3, -0.25) is 14.0 Å². The van der Waals surface area contributed by atoms with Gasteiger partial charge in [-0.15, -0.1) is 0 Å². The standard InChI is InChI=1S/C22H26N4O2/c1-4-6-14-25(3)22(28)20-24-19(18-13-9-10-15-26(18)20)21(27)23-17-12-8-7-11-16(17)5-2/h7-13,15H,4-6,14H2,1-3H3,(H,23,27). The first-order chi connectivity index (χ1) is 13.6. The Kier molecular flexibility index (Phi) is 6.09. The summed E-state index contributed by atoms with van der Waals surface area (Å²) in [6.45, 7) is 4.78. The first kappa shape index (κ1) is 19.6. The minimum absolute atomic E-state index is 0.192. The molecule has 28 heavy (non-hydrogen) atoms. The molecule has 0 bridgehead atoms. The molecule has 1 N–H and O–H groups in total. The van der Waals surface area contributed by atoms with Crippen LogP contribution in [-0.2, 0) is 6.42 Å². The SMILES string of the molecule is CCCCN(C)C(=O)c1nc(C(=O)Nc2ccccc2CC)c2ccccn12. The number of hydrogen-bond acceptors (Lipinski definition) is 3. The van der Waals surface area contributed by atoms with Gasteiger partial charge in [-0.2, -0.15) is 0 Å². The first-order valence-electron chi connectivity index (χ1n) is 9.68. The molecule has 3 rings (SSSR count). The van der Waals surface area contributed by atoms with E-state index in [1.807, 2.05) is 43.3 Å². The van der Waals surface area contributed by atoms with E-state index in [-0.39, 0.29) is 23.3 Å². The minimum Gasteiger partial charge on any atom is -0.339 e. The van der Waals surface area contributed by atoms with E-state index in [0.717, 1.165) is 30.5 Å². The third-order valence-electron chi connectivity index (χ3n) is 4.79. The highest BCUT2D eigenvalue weighted by atomic mass is 16.2. The van der Waals surface area contributed by atoms with E-state index in [9.17, 15) is 9.59 Å². The largest absolute Gasteiger partial charge is 0.339 e. The van der Waals surface area contributed by atoms with E-state index in [4.69, 9.17) is 0 Å². The fourth-order valence-electron chi connectivity index (χ4n) is 3.16. The third kappa shape index (κ3) is 3.91. The number of nitrogens with one attached hydrogen (secondary N) is 1. The molecule has 0 radical (unpaired) electrons. The van der Waals surface area contributed by atoms with Gasteiger partial charge in [0.2, 0.25) is 5.82 Å². The molecule has 1 aromatic carbocycles. The first-order valence-corrected chi connectivity index (χ1v) is 9.68. The number of pyridine rings is 1. The molecule has 0 fully saturated rings. The van der Waals surface area contributed by atoms with Gasteiger partial charge in [0.1, 0.15) is 0 Å². The second-order valence-corrected chi connectivity index (χ2v) is 6.78. The summed E-state index contributed by atoms with van der Waals surface area (Å²) in [5, 5.41) is 2.95. The number of carbonyl (C=O) groups excluding carboxylic acids is 2. The van der Waals surface area contributed by atoms with E-state index in [1.54, 1.807) is 28.6 Å². The van der Waals surface area contributed by atoms with E-state index in [1.165, 1.54) is 0 Å². The smallest absolute Gasteiger partial charge is 0.289 e. The van der Waals surface area contributed by atoms with Crippen molar-refractivity contribution < 1.29 is 9.59 Å². The molecule has 0 unspecified atom stereocenters. The van der Waals surface area contributed by atoms with E-state index in [2.05, 4.69) is 17.2 Å². The van der Waals surface area contributed by atoms with Gasteiger partial charge in [0.15, 0.2) is 5.69 Å². The molecule has 0 saturated carbocycles. The van der Waals surface area contributed by atoms with Crippen LogP contribution in [0.15, 0.2) is 48.7 Å². The van der Waals surface area contributed by atoms with Crippen LogP contribution in [0.3, 0.4) is 0 Å². The van der Waals surface area contributed by atoms with E-state index >= 15 is 0 Å². The maximum absolute atomic E-state index is 13.0. The lowest BCUT2D eigenvalue weighted by molar-refractivity contribution is 0.0780. The van der Waals surface area contributed by atoms with Crippen molar-refractivity contribution >= 4 is 23.0 Å². The molecule has 6 nitrogen and oxygen atoms in total. The maximum atomic E-state index is 13.0. The van der Waals surface area contributed by atoms with Gasteiger partial charge in [0.25, 0.3) is 11.8 Å². The summed E-state index contributed by atoms with van der Waals surface area (Å²) in [6.07, 6.45) is 4.50. The zero-order chi connectivity index (χ0) is 20.1. The topological polar surface area (TPSA) is 66.7 Å². The van der Waals surface area contributed by atoms with Gasteiger partial charge in [0, 0.05) is 25.5 Å². The Balaban J connectivity index is 1.96. The van der Waals surface area contributed by atoms with Crippen LogP contribution >= 0.6 is 0 Å². The van der Waals surface area contributed by atoms with Gasteiger partial charge in [-0.25, -0.2) is 4.98 Å². The molecule has 146 valence electrons. The van der Waals surface area contributed by atoms with Crippen molar-refractivity contribution in [1.82, 2.24) is 14.3 Å². The Hall–Kier alpha value is -3.15. The highest BCUT2D eigenvalue weighted by molar-refractivity contribution is 6.09. The van der Waals surface area contributed by atoms with E-state index in [0.29, 0.717) is 12.1 Å². The van der Waals surface area contributed by atoms with Crippen LogP contribution < -0.4 is 5.32 Å². The van der Waals surface area contributed by atoms with Crippen molar-refractivity contribution in [2.75, 3.05) is 18.9 Å². The zero-order valence-electron chi connectivity index (χ0n) is 16.6. The number of hydrogen-bond donors (Lipinski definition) is 1. The number of fused-ring (bicyclic) bond motifs is 1. The van der Waals surface area contributed by atoms with Crippen LogP contribution in [0, 0.1) is 0 Å². The molecule has 0 aliphatic rings. The van der Waals surface area contributed by atoms with Crippen molar-refractivity contribution in [3.8, 4) is 0 Å². The van der Waals surface area contributed by atoms with Gasteiger partial charge in [0.05, 0.1) is 5.52 Å². The predicted octanol–water partition coefficient (Wildman–Crippen LogP) is 4.02. The normalized spacial score (nSPS) is 10.8. The third-order valence-corrected chi connectivity index (χ3v) is 4.79. The van der Waals surface area contributed by atoms with Crippen LogP contribution in [-0.4, -0.2) is 39.7 Å². The minimum atomic E-state index is -0.320. The lowest BCUT2D eigenvalue weighted by Gasteiger charge is -2.15. The van der Waals surface area contributed by atoms with Gasteiger partial charge >= 0.3 is 0 Å². The summed E-state index contributed by atoms with van der Waals surface area (Å²) in [5.74, 6) is -0.259. The fourth-order valence-corrected chi connectivity index (χ4v) is 3.16. The molecule has 2 amide bonds. The Morgan fingerprint density at radius 1 is 1.11 bits per heavy atom. The van der Waals surface area contributed by atoms with Crippen molar-refractivity contribution in [3.63, 3.8) is 0 Å². The van der Waals surface area contributed by atoms with Crippen LogP contribution in [0.4, 0.5) is 5.69 Å². The highest BCUT2D eigenvalue weighted by Crippen LogP contribution is 2.19. The molecule has 0 aliphatic heterocycles. The van der Waals surface area contributed by atoms with Crippen molar-refractivity contribution in [3.05, 3.63) is 65.7 Å². The molecule has 2 heterocycles. The molecule has 0 spiro atoms. The van der Waals surface area contributed by atoms with Gasteiger partial charge in [-0.05, 0) is 36.6 Å². The van der Waals surface area contributed by atoms with Crippen molar-refractivity contribution in [2.45, 2.75) is 33.1 Å². The average Bonchev–Trinajstić information content (AvgIpc) is 3.11. The Morgan fingerprint density at radius 3 is 2.61 bits per heavy atom. The average molecular weight is 378 g/mol. The number of nitrogens with zero attached hydrogens (tertiary/aromatic N) is 3. The summed E-state index contributed by atoms with van der Waals surface area (Å²) in [7, 11) is 1.76. The Labute approximate surface area is 165 Å². The van der Waals surface area contributed by atoms with Crippen LogP contribution in [0.25, 0.3) is 5.52 Å². The molecule has 3 aromatic rings. The molecule has 0 aliphatic carbocycles. The number of rotatable bonds is 7. The second kappa shape index (κ2) is 8.69. The van der Waals surface area contributed by atoms with Gasteiger partial charge in [-0.1, -0.05) is 44.5 Å². The molecule has 0 atom stereocenters. The number of imidazole rings is 1. The summed E-state index contributed by atoms with van der Waals surface area (Å²) in [4.78, 5) is 31.9. The van der Waals surface area contributed by atoms with Crippen LogP contribution in [0.2, 0.25) is 0 Å². The number of unbranched alkanes of at least 4 members (excludes halogenated alkanes) is 1. The van der Waals surface area contributed by atoms with Gasteiger partial charge < -0.3 is 10.2 Å². The monoisotopic (exact) mass is 378 g/mol. The highest BCUT2D eigenvalue weighted by Gasteiger charge is 2.23. The summed E-state index contributed by atoms with van der Waals surface area (Å²) in [6, 6.07) is 13.2.